The fourth-order valence-electron chi connectivity index (χ4n) is 0.909. The van der Waals surface area contributed by atoms with E-state index in [-0.39, 0.29) is 18.0 Å². The second kappa shape index (κ2) is 3.90. The maximum Gasteiger partial charge on any atom is 0.360 e. The third-order valence-corrected chi connectivity index (χ3v) is 1.50. The molecule has 0 aliphatic rings. The highest BCUT2D eigenvalue weighted by molar-refractivity contribution is 5.92. The van der Waals surface area contributed by atoms with Crippen LogP contribution in [-0.2, 0) is 11.3 Å². The molecule has 0 atom stereocenters. The summed E-state index contributed by atoms with van der Waals surface area (Å²) in [7, 11) is 1.26. The van der Waals surface area contributed by atoms with Crippen LogP contribution in [0.4, 0.5) is 5.69 Å². The lowest BCUT2D eigenvalue weighted by atomic mass is 10.4. The minimum atomic E-state index is -0.575. The number of nitrogen functional groups attached to an aromatic ring is 1. The third-order valence-electron chi connectivity index (χ3n) is 1.50. The van der Waals surface area contributed by atoms with Gasteiger partial charge in [-0.15, -0.1) is 0 Å². The molecule has 0 radical (unpaired) electrons. The molecule has 1 aromatic heterocycles. The average molecular weight is 185 g/mol. The van der Waals surface area contributed by atoms with Crippen molar-refractivity contribution >= 4 is 11.7 Å². The van der Waals surface area contributed by atoms with Crippen molar-refractivity contribution in [3.05, 3.63) is 11.9 Å². The number of aliphatic hydroxyl groups excluding tert-OH is 1. The Morgan fingerprint density at radius 1 is 1.85 bits per heavy atom. The number of hydrogen-bond acceptors (Lipinski definition) is 5. The molecule has 3 N–H and O–H groups in total. The number of nitrogens with two attached hydrogens (primary N) is 1. The van der Waals surface area contributed by atoms with E-state index in [1.54, 1.807) is 0 Å². The molecular formula is C7H11N3O3. The fourth-order valence-corrected chi connectivity index (χ4v) is 0.909. The molecule has 0 bridgehead atoms. The summed E-state index contributed by atoms with van der Waals surface area (Å²) in [6, 6.07) is 0. The molecule has 0 saturated heterocycles. The zero-order chi connectivity index (χ0) is 9.84. The number of nitrogens with zero attached hydrogens (tertiary/aromatic N) is 2. The Morgan fingerprint density at radius 2 is 2.54 bits per heavy atom. The summed E-state index contributed by atoms with van der Waals surface area (Å²) in [5, 5.41) is 12.4. The van der Waals surface area contributed by atoms with Crippen molar-refractivity contribution in [1.82, 2.24) is 9.78 Å². The molecule has 1 heterocycles. The molecule has 0 fully saturated rings. The monoisotopic (exact) mass is 185 g/mol. The van der Waals surface area contributed by atoms with Gasteiger partial charge >= 0.3 is 5.97 Å². The number of aliphatic hydroxyl groups is 1. The van der Waals surface area contributed by atoms with E-state index in [9.17, 15) is 4.79 Å². The Morgan fingerprint density at radius 3 is 3.08 bits per heavy atom. The normalized spacial score (nSPS) is 10.0. The maximum atomic E-state index is 11.0. The van der Waals surface area contributed by atoms with E-state index >= 15 is 0 Å². The quantitative estimate of drug-likeness (QED) is 0.604. The molecule has 6 heteroatoms. The van der Waals surface area contributed by atoms with Gasteiger partial charge in [0.25, 0.3) is 0 Å². The van der Waals surface area contributed by atoms with Gasteiger partial charge in [0.05, 0.1) is 25.9 Å². The SMILES string of the molecule is COC(=O)c1nn(CCO)cc1N. The maximum absolute atomic E-state index is 11.0. The van der Waals surface area contributed by atoms with Gasteiger partial charge in [0.15, 0.2) is 5.69 Å². The van der Waals surface area contributed by atoms with Crippen molar-refractivity contribution in [2.45, 2.75) is 6.54 Å². The minimum absolute atomic E-state index is 0.0538. The lowest BCUT2D eigenvalue weighted by Crippen LogP contribution is -2.07. The number of esters is 1. The van der Waals surface area contributed by atoms with Crippen LogP contribution in [0, 0.1) is 0 Å². The number of hydrogen-bond donors (Lipinski definition) is 2. The largest absolute Gasteiger partial charge is 0.464 e. The Hall–Kier alpha value is -1.56. The van der Waals surface area contributed by atoms with Crippen LogP contribution in [0.1, 0.15) is 10.5 Å². The van der Waals surface area contributed by atoms with Gasteiger partial charge in [-0.1, -0.05) is 0 Å². The molecule has 0 spiro atoms. The number of methoxy groups -OCH3 is 1. The van der Waals surface area contributed by atoms with Gasteiger partial charge in [-0.05, 0) is 0 Å². The first-order valence-electron chi connectivity index (χ1n) is 3.71. The second-order valence-electron chi connectivity index (χ2n) is 2.41. The van der Waals surface area contributed by atoms with Crippen molar-refractivity contribution in [3.8, 4) is 0 Å². The molecule has 13 heavy (non-hydrogen) atoms. The highest BCUT2D eigenvalue weighted by Gasteiger charge is 2.14. The molecule has 0 unspecified atom stereocenters. The first-order valence-corrected chi connectivity index (χ1v) is 3.71. The standard InChI is InChI=1S/C7H11N3O3/c1-13-7(12)6-5(8)4-10(9-6)2-3-11/h4,11H,2-3,8H2,1H3. The molecular weight excluding hydrogens is 174 g/mol. The highest BCUT2D eigenvalue weighted by atomic mass is 16.5. The molecule has 0 aliphatic carbocycles. The van der Waals surface area contributed by atoms with Crippen LogP contribution in [0.15, 0.2) is 6.20 Å². The molecule has 0 amide bonds. The Labute approximate surface area is 74.9 Å². The highest BCUT2D eigenvalue weighted by Crippen LogP contribution is 2.09. The molecule has 6 nitrogen and oxygen atoms in total. The van der Waals surface area contributed by atoms with Crippen LogP contribution in [0.3, 0.4) is 0 Å². The molecule has 1 aromatic rings. The zero-order valence-electron chi connectivity index (χ0n) is 7.23. The van der Waals surface area contributed by atoms with E-state index in [4.69, 9.17) is 10.8 Å². The molecule has 1 rings (SSSR count). The predicted octanol–water partition coefficient (Wildman–Crippen LogP) is -0.756. The fraction of sp³-hybridized carbons (Fsp3) is 0.429. The number of anilines is 1. The third kappa shape index (κ3) is 1.97. The Balaban J connectivity index is 2.89. The van der Waals surface area contributed by atoms with E-state index in [1.807, 2.05) is 0 Å². The Kier molecular flexibility index (Phi) is 2.86. The summed E-state index contributed by atoms with van der Waals surface area (Å²) in [6.45, 7) is 0.253. The molecule has 72 valence electrons. The lowest BCUT2D eigenvalue weighted by molar-refractivity contribution is 0.0594. The number of aromatic nitrogens is 2. The van der Waals surface area contributed by atoms with E-state index in [0.717, 1.165) is 0 Å². The van der Waals surface area contributed by atoms with Gasteiger partial charge in [-0.25, -0.2) is 4.79 Å². The van der Waals surface area contributed by atoms with Crippen LogP contribution >= 0.6 is 0 Å². The van der Waals surface area contributed by atoms with Crippen molar-refractivity contribution in [2.75, 3.05) is 19.5 Å². The summed E-state index contributed by atoms with van der Waals surface area (Å²) in [5.41, 5.74) is 5.81. The van der Waals surface area contributed by atoms with Crippen LogP contribution in [0.2, 0.25) is 0 Å². The van der Waals surface area contributed by atoms with Crippen molar-refractivity contribution < 1.29 is 14.6 Å². The molecule has 0 aromatic carbocycles. The first-order chi connectivity index (χ1) is 6.19. The smallest absolute Gasteiger partial charge is 0.360 e. The number of carbonyl (C=O) groups is 1. The summed E-state index contributed by atoms with van der Waals surface area (Å²) in [5.74, 6) is -0.575. The van der Waals surface area contributed by atoms with Crippen molar-refractivity contribution in [3.63, 3.8) is 0 Å². The van der Waals surface area contributed by atoms with E-state index < -0.39 is 5.97 Å². The summed E-state index contributed by atoms with van der Waals surface area (Å²) < 4.78 is 5.84. The van der Waals surface area contributed by atoms with Crippen LogP contribution in [0.5, 0.6) is 0 Å². The van der Waals surface area contributed by atoms with Gasteiger partial charge in [0.1, 0.15) is 0 Å². The Bertz CT molecular complexity index is 308. The van der Waals surface area contributed by atoms with Crippen LogP contribution in [0.25, 0.3) is 0 Å². The van der Waals surface area contributed by atoms with Crippen molar-refractivity contribution in [1.29, 1.82) is 0 Å². The van der Waals surface area contributed by atoms with E-state index in [0.29, 0.717) is 6.54 Å². The van der Waals surface area contributed by atoms with Gasteiger partial charge in [-0.2, -0.15) is 5.10 Å². The first kappa shape index (κ1) is 9.53. The zero-order valence-corrected chi connectivity index (χ0v) is 7.23. The number of carbonyl (C=O) groups excluding carboxylic acids is 1. The lowest BCUT2D eigenvalue weighted by Gasteiger charge is -1.95. The van der Waals surface area contributed by atoms with Crippen molar-refractivity contribution in [2.24, 2.45) is 0 Å². The summed E-state index contributed by atoms with van der Waals surface area (Å²) in [4.78, 5) is 11.0. The van der Waals surface area contributed by atoms with E-state index in [1.165, 1.54) is 18.0 Å². The average Bonchev–Trinajstić information content (AvgIpc) is 2.46. The van der Waals surface area contributed by atoms with E-state index in [2.05, 4.69) is 9.84 Å². The van der Waals surface area contributed by atoms with Gasteiger partial charge in [0, 0.05) is 6.20 Å². The number of rotatable bonds is 3. The molecule has 0 aliphatic heterocycles. The van der Waals surface area contributed by atoms with Crippen LogP contribution in [-0.4, -0.2) is 34.6 Å². The van der Waals surface area contributed by atoms with Gasteiger partial charge in [0.2, 0.25) is 0 Å². The second-order valence-corrected chi connectivity index (χ2v) is 2.41. The van der Waals surface area contributed by atoms with Gasteiger partial charge in [-0.3, -0.25) is 4.68 Å². The number of ether oxygens (including phenoxy) is 1. The summed E-state index contributed by atoms with van der Waals surface area (Å²) in [6.07, 6.45) is 1.47. The molecule has 0 saturated carbocycles. The topological polar surface area (TPSA) is 90.4 Å². The van der Waals surface area contributed by atoms with Gasteiger partial charge < -0.3 is 15.6 Å². The van der Waals surface area contributed by atoms with Crippen LogP contribution < -0.4 is 5.73 Å². The predicted molar refractivity (Wildman–Crippen MR) is 45.1 cm³/mol. The minimum Gasteiger partial charge on any atom is -0.464 e. The summed E-state index contributed by atoms with van der Waals surface area (Å²) >= 11 is 0.